The zero-order valence-electron chi connectivity index (χ0n) is 9.72. The number of alkyl halides is 3. The van der Waals surface area contributed by atoms with Crippen molar-refractivity contribution in [1.29, 1.82) is 0 Å². The van der Waals surface area contributed by atoms with Gasteiger partial charge < -0.3 is 5.32 Å². The molecule has 1 aromatic rings. The molecule has 94 valence electrons. The van der Waals surface area contributed by atoms with Crippen LogP contribution in [0.4, 0.5) is 13.2 Å². The fraction of sp³-hybridized carbons (Fsp3) is 0.538. The van der Waals surface area contributed by atoms with Gasteiger partial charge in [-0.25, -0.2) is 0 Å². The molecule has 17 heavy (non-hydrogen) atoms. The van der Waals surface area contributed by atoms with Crippen molar-refractivity contribution in [2.24, 2.45) is 5.92 Å². The third-order valence-electron chi connectivity index (χ3n) is 3.47. The van der Waals surface area contributed by atoms with E-state index >= 15 is 0 Å². The SMILES string of the molecule is CC1CCNCC1c1cccc(C(F)(F)F)c1. The smallest absolute Gasteiger partial charge is 0.316 e. The Balaban J connectivity index is 2.26. The quantitative estimate of drug-likeness (QED) is 0.797. The Hall–Kier alpha value is -1.03. The van der Waals surface area contributed by atoms with Crippen LogP contribution in [0.25, 0.3) is 0 Å². The van der Waals surface area contributed by atoms with Gasteiger partial charge in [0.1, 0.15) is 0 Å². The normalized spacial score (nSPS) is 25.9. The van der Waals surface area contributed by atoms with Crippen LogP contribution in [0.3, 0.4) is 0 Å². The molecular weight excluding hydrogens is 227 g/mol. The van der Waals surface area contributed by atoms with Gasteiger partial charge in [-0.15, -0.1) is 0 Å². The molecule has 0 spiro atoms. The summed E-state index contributed by atoms with van der Waals surface area (Å²) in [4.78, 5) is 0. The fourth-order valence-electron chi connectivity index (χ4n) is 2.38. The molecule has 0 aromatic heterocycles. The van der Waals surface area contributed by atoms with Crippen molar-refractivity contribution in [2.75, 3.05) is 13.1 Å². The van der Waals surface area contributed by atoms with Crippen molar-refractivity contribution in [3.63, 3.8) is 0 Å². The number of benzene rings is 1. The lowest BCUT2D eigenvalue weighted by Gasteiger charge is -2.30. The molecular formula is C13H16F3N. The van der Waals surface area contributed by atoms with Crippen molar-refractivity contribution in [3.05, 3.63) is 35.4 Å². The molecule has 2 rings (SSSR count). The number of piperidine rings is 1. The van der Waals surface area contributed by atoms with Crippen molar-refractivity contribution < 1.29 is 13.2 Å². The Morgan fingerprint density at radius 3 is 2.71 bits per heavy atom. The minimum Gasteiger partial charge on any atom is -0.316 e. The van der Waals surface area contributed by atoms with E-state index in [1.165, 1.54) is 12.1 Å². The first-order valence-corrected chi connectivity index (χ1v) is 5.86. The predicted octanol–water partition coefficient (Wildman–Crippen LogP) is 3.42. The van der Waals surface area contributed by atoms with Crippen LogP contribution in [0, 0.1) is 5.92 Å². The minimum absolute atomic E-state index is 0.186. The number of nitrogens with one attached hydrogen (secondary N) is 1. The van der Waals surface area contributed by atoms with Crippen molar-refractivity contribution in [1.82, 2.24) is 5.32 Å². The third kappa shape index (κ3) is 2.80. The molecule has 1 aromatic carbocycles. The average molecular weight is 243 g/mol. The lowest BCUT2D eigenvalue weighted by atomic mass is 9.82. The standard InChI is InChI=1S/C13H16F3N/c1-9-5-6-17-8-12(9)10-3-2-4-11(7-10)13(14,15)16/h2-4,7,9,12,17H,5-6,8H2,1H3. The molecule has 4 heteroatoms. The molecule has 0 aliphatic carbocycles. The molecule has 1 saturated heterocycles. The van der Waals surface area contributed by atoms with Crippen molar-refractivity contribution in [2.45, 2.75) is 25.4 Å². The molecule has 1 N–H and O–H groups in total. The highest BCUT2D eigenvalue weighted by atomic mass is 19.4. The van der Waals surface area contributed by atoms with Gasteiger partial charge in [0.05, 0.1) is 5.56 Å². The van der Waals surface area contributed by atoms with E-state index in [-0.39, 0.29) is 5.92 Å². The number of rotatable bonds is 1. The Labute approximate surface area is 99.0 Å². The molecule has 0 saturated carbocycles. The van der Waals surface area contributed by atoms with Crippen LogP contribution in [0.2, 0.25) is 0 Å². The molecule has 1 aliphatic heterocycles. The Morgan fingerprint density at radius 2 is 2.06 bits per heavy atom. The van der Waals surface area contributed by atoms with Gasteiger partial charge in [0, 0.05) is 6.54 Å². The van der Waals surface area contributed by atoms with Crippen LogP contribution in [-0.4, -0.2) is 13.1 Å². The Kier molecular flexibility index (Phi) is 3.43. The lowest BCUT2D eigenvalue weighted by Crippen LogP contribution is -2.33. The molecule has 1 fully saturated rings. The van der Waals surface area contributed by atoms with Gasteiger partial charge in [-0.1, -0.05) is 25.1 Å². The van der Waals surface area contributed by atoms with Crippen molar-refractivity contribution >= 4 is 0 Å². The van der Waals surface area contributed by atoms with Crippen LogP contribution in [0.5, 0.6) is 0 Å². The second kappa shape index (κ2) is 4.69. The maximum Gasteiger partial charge on any atom is 0.416 e. The number of hydrogen-bond acceptors (Lipinski definition) is 1. The van der Waals surface area contributed by atoms with Crippen LogP contribution in [0.15, 0.2) is 24.3 Å². The molecule has 1 heterocycles. The zero-order valence-corrected chi connectivity index (χ0v) is 9.72. The van der Waals surface area contributed by atoms with Gasteiger partial charge >= 0.3 is 6.18 Å². The van der Waals surface area contributed by atoms with Crippen LogP contribution < -0.4 is 5.32 Å². The highest BCUT2D eigenvalue weighted by molar-refractivity contribution is 5.29. The lowest BCUT2D eigenvalue weighted by molar-refractivity contribution is -0.137. The van der Waals surface area contributed by atoms with Gasteiger partial charge in [0.15, 0.2) is 0 Å². The zero-order chi connectivity index (χ0) is 12.5. The monoisotopic (exact) mass is 243 g/mol. The van der Waals surface area contributed by atoms with Crippen LogP contribution in [0.1, 0.15) is 30.4 Å². The summed E-state index contributed by atoms with van der Waals surface area (Å²) in [6.07, 6.45) is -3.23. The summed E-state index contributed by atoms with van der Waals surface area (Å²) in [5, 5.41) is 3.24. The van der Waals surface area contributed by atoms with Crippen molar-refractivity contribution in [3.8, 4) is 0 Å². The van der Waals surface area contributed by atoms with E-state index in [0.717, 1.165) is 31.1 Å². The largest absolute Gasteiger partial charge is 0.416 e. The topological polar surface area (TPSA) is 12.0 Å². The molecule has 0 amide bonds. The maximum absolute atomic E-state index is 12.6. The molecule has 2 unspecified atom stereocenters. The molecule has 1 nitrogen and oxygen atoms in total. The Morgan fingerprint density at radius 1 is 1.29 bits per heavy atom. The van der Waals surface area contributed by atoms with Crippen LogP contribution >= 0.6 is 0 Å². The van der Waals surface area contributed by atoms with Crippen LogP contribution in [-0.2, 0) is 6.18 Å². The minimum atomic E-state index is -4.25. The summed E-state index contributed by atoms with van der Waals surface area (Å²) in [6.45, 7) is 3.82. The summed E-state index contributed by atoms with van der Waals surface area (Å²) >= 11 is 0. The van der Waals surface area contributed by atoms with E-state index in [2.05, 4.69) is 12.2 Å². The van der Waals surface area contributed by atoms with Gasteiger partial charge in [-0.3, -0.25) is 0 Å². The van der Waals surface area contributed by atoms with Gasteiger partial charge in [0.2, 0.25) is 0 Å². The molecule has 1 aliphatic rings. The summed E-state index contributed by atoms with van der Waals surface area (Å²) in [6, 6.07) is 5.71. The van der Waals surface area contributed by atoms with E-state index < -0.39 is 11.7 Å². The summed E-state index contributed by atoms with van der Waals surface area (Å²) in [5.74, 6) is 0.616. The summed E-state index contributed by atoms with van der Waals surface area (Å²) < 4.78 is 37.8. The number of hydrogen-bond donors (Lipinski definition) is 1. The van der Waals surface area contributed by atoms with E-state index in [1.807, 2.05) is 0 Å². The maximum atomic E-state index is 12.6. The highest BCUT2D eigenvalue weighted by Crippen LogP contribution is 2.34. The molecule has 0 radical (unpaired) electrons. The van der Waals surface area contributed by atoms with E-state index in [9.17, 15) is 13.2 Å². The average Bonchev–Trinajstić information content (AvgIpc) is 2.29. The first-order chi connectivity index (χ1) is 7.98. The molecule has 0 bridgehead atoms. The highest BCUT2D eigenvalue weighted by Gasteiger charge is 2.31. The first-order valence-electron chi connectivity index (χ1n) is 5.86. The predicted molar refractivity (Wildman–Crippen MR) is 60.8 cm³/mol. The Bertz CT molecular complexity index is 386. The first kappa shape index (κ1) is 12.4. The summed E-state index contributed by atoms with van der Waals surface area (Å²) in [5.41, 5.74) is 0.243. The van der Waals surface area contributed by atoms with E-state index in [4.69, 9.17) is 0 Å². The molecule has 2 atom stereocenters. The third-order valence-corrected chi connectivity index (χ3v) is 3.47. The second-order valence-corrected chi connectivity index (χ2v) is 4.70. The van der Waals surface area contributed by atoms with Gasteiger partial charge in [0.25, 0.3) is 0 Å². The summed E-state index contributed by atoms with van der Waals surface area (Å²) in [7, 11) is 0. The van der Waals surface area contributed by atoms with E-state index in [0.29, 0.717) is 5.92 Å². The fourth-order valence-corrected chi connectivity index (χ4v) is 2.38. The van der Waals surface area contributed by atoms with Gasteiger partial charge in [-0.05, 0) is 36.4 Å². The van der Waals surface area contributed by atoms with Gasteiger partial charge in [-0.2, -0.15) is 13.2 Å². The number of halogens is 3. The second-order valence-electron chi connectivity index (χ2n) is 4.70. The van der Waals surface area contributed by atoms with E-state index in [1.54, 1.807) is 6.07 Å².